The van der Waals surface area contributed by atoms with E-state index in [2.05, 4.69) is 18.7 Å². The normalized spacial score (nSPS) is 18.5. The summed E-state index contributed by atoms with van der Waals surface area (Å²) in [5, 5.41) is 7.25. The predicted octanol–water partition coefficient (Wildman–Crippen LogP) is 0.524. The number of nitrogens with one attached hydrogen (secondary N) is 1. The molecule has 1 aliphatic heterocycles. The van der Waals surface area contributed by atoms with E-state index in [1.165, 1.54) is 0 Å². The molecule has 0 aliphatic carbocycles. The summed E-state index contributed by atoms with van der Waals surface area (Å²) in [5.41, 5.74) is 5.38. The largest absolute Gasteiger partial charge is 0.370 e. The minimum absolute atomic E-state index is 0. The molecular weight excluding hydrogens is 279 g/mol. The van der Waals surface area contributed by atoms with Crippen molar-refractivity contribution in [3.63, 3.8) is 0 Å². The summed E-state index contributed by atoms with van der Waals surface area (Å²) < 4.78 is 0. The van der Waals surface area contributed by atoms with Crippen molar-refractivity contribution in [3.05, 3.63) is 0 Å². The number of rotatable bonds is 1. The van der Waals surface area contributed by atoms with E-state index in [9.17, 15) is 0 Å². The first-order chi connectivity index (χ1) is 5.61. The van der Waals surface area contributed by atoms with Crippen LogP contribution in [-0.2, 0) is 0 Å². The van der Waals surface area contributed by atoms with Crippen LogP contribution in [0.3, 0.4) is 0 Å². The van der Waals surface area contributed by atoms with Crippen LogP contribution in [0.15, 0.2) is 0 Å². The summed E-state index contributed by atoms with van der Waals surface area (Å²) >= 11 is 0. The topological polar surface area (TPSA) is 56.4 Å². The van der Waals surface area contributed by atoms with E-state index in [1.807, 2.05) is 4.90 Å². The second-order valence-corrected chi connectivity index (χ2v) is 3.50. The Bertz CT molecular complexity index is 164. The third-order valence-corrected chi connectivity index (χ3v) is 2.39. The third-order valence-electron chi connectivity index (χ3n) is 2.39. The van der Waals surface area contributed by atoms with Gasteiger partial charge in [0.25, 0.3) is 0 Å². The zero-order valence-corrected chi connectivity index (χ0v) is 10.6. The number of hydrogen-bond donors (Lipinski definition) is 2. The van der Waals surface area contributed by atoms with Crippen LogP contribution in [0.25, 0.3) is 0 Å². The molecule has 0 aromatic carbocycles. The zero-order chi connectivity index (χ0) is 9.14. The molecule has 5 heteroatoms. The lowest BCUT2D eigenvalue weighted by atomic mass is 10.2. The van der Waals surface area contributed by atoms with Crippen molar-refractivity contribution < 1.29 is 0 Å². The lowest BCUT2D eigenvalue weighted by Gasteiger charge is -2.36. The molecule has 0 unspecified atom stereocenters. The zero-order valence-electron chi connectivity index (χ0n) is 8.29. The first-order valence-electron chi connectivity index (χ1n) is 4.44. The first-order valence-corrected chi connectivity index (χ1v) is 4.44. The molecule has 1 fully saturated rings. The molecule has 0 aromatic rings. The van der Waals surface area contributed by atoms with Gasteiger partial charge < -0.3 is 10.6 Å². The van der Waals surface area contributed by atoms with Gasteiger partial charge in [0, 0.05) is 32.2 Å². The van der Waals surface area contributed by atoms with Gasteiger partial charge in [-0.05, 0) is 13.8 Å². The highest BCUT2D eigenvalue weighted by molar-refractivity contribution is 14.0. The number of nitrogens with two attached hydrogens (primary N) is 1. The van der Waals surface area contributed by atoms with Crippen molar-refractivity contribution in [1.29, 1.82) is 5.41 Å². The molecule has 0 atom stereocenters. The molecule has 0 aromatic heterocycles. The average molecular weight is 298 g/mol. The molecule has 3 N–H and O–H groups in total. The Morgan fingerprint density at radius 2 is 1.69 bits per heavy atom. The van der Waals surface area contributed by atoms with Gasteiger partial charge in [0.2, 0.25) is 0 Å². The van der Waals surface area contributed by atoms with Gasteiger partial charge in [-0.2, -0.15) is 0 Å². The minimum Gasteiger partial charge on any atom is -0.370 e. The van der Waals surface area contributed by atoms with Crippen LogP contribution < -0.4 is 5.73 Å². The molecule has 0 radical (unpaired) electrons. The van der Waals surface area contributed by atoms with Crippen LogP contribution >= 0.6 is 24.0 Å². The Labute approximate surface area is 97.0 Å². The van der Waals surface area contributed by atoms with E-state index >= 15 is 0 Å². The fourth-order valence-electron chi connectivity index (χ4n) is 1.48. The monoisotopic (exact) mass is 298 g/mol. The number of nitrogens with zero attached hydrogens (tertiary/aromatic N) is 2. The number of piperazine rings is 1. The molecule has 1 aliphatic rings. The summed E-state index contributed by atoms with van der Waals surface area (Å²) in [6.07, 6.45) is 0. The van der Waals surface area contributed by atoms with Gasteiger partial charge in [-0.3, -0.25) is 10.3 Å². The summed E-state index contributed by atoms with van der Waals surface area (Å²) in [6, 6.07) is 0.610. The van der Waals surface area contributed by atoms with Gasteiger partial charge in [-0.15, -0.1) is 24.0 Å². The van der Waals surface area contributed by atoms with Crippen LogP contribution in [0.4, 0.5) is 0 Å². The van der Waals surface area contributed by atoms with Crippen LogP contribution in [-0.4, -0.2) is 48.0 Å². The first kappa shape index (κ1) is 13.0. The van der Waals surface area contributed by atoms with Crippen molar-refractivity contribution in [3.8, 4) is 0 Å². The SMILES string of the molecule is CC(C)N1CCN(C(=N)N)CC1.I. The van der Waals surface area contributed by atoms with E-state index in [4.69, 9.17) is 11.1 Å². The van der Waals surface area contributed by atoms with Crippen LogP contribution in [0.2, 0.25) is 0 Å². The maximum atomic E-state index is 7.25. The number of halogens is 1. The molecule has 1 saturated heterocycles. The average Bonchev–Trinajstić information content (AvgIpc) is 2.04. The van der Waals surface area contributed by atoms with Gasteiger partial charge in [0.15, 0.2) is 5.96 Å². The van der Waals surface area contributed by atoms with Crippen LogP contribution in [0.5, 0.6) is 0 Å². The summed E-state index contributed by atoms with van der Waals surface area (Å²) in [6.45, 7) is 8.24. The Hall–Kier alpha value is -0.0400. The highest BCUT2D eigenvalue weighted by Gasteiger charge is 2.18. The fraction of sp³-hybridized carbons (Fsp3) is 0.875. The Kier molecular flexibility index (Phi) is 5.62. The van der Waals surface area contributed by atoms with E-state index < -0.39 is 0 Å². The number of hydrogen-bond acceptors (Lipinski definition) is 2. The van der Waals surface area contributed by atoms with E-state index in [1.54, 1.807) is 0 Å². The quantitative estimate of drug-likeness (QED) is 0.422. The van der Waals surface area contributed by atoms with Crippen LogP contribution in [0.1, 0.15) is 13.8 Å². The van der Waals surface area contributed by atoms with Crippen molar-refractivity contribution in [1.82, 2.24) is 9.80 Å². The summed E-state index contributed by atoms with van der Waals surface area (Å²) in [5.74, 6) is 0.207. The van der Waals surface area contributed by atoms with E-state index in [-0.39, 0.29) is 29.9 Å². The molecule has 0 bridgehead atoms. The molecule has 0 amide bonds. The van der Waals surface area contributed by atoms with Gasteiger partial charge in [-0.25, -0.2) is 0 Å². The maximum absolute atomic E-state index is 7.25. The third kappa shape index (κ3) is 3.68. The van der Waals surface area contributed by atoms with Gasteiger partial charge in [0.05, 0.1) is 0 Å². The molecule has 0 spiro atoms. The van der Waals surface area contributed by atoms with Crippen molar-refractivity contribution in [2.75, 3.05) is 26.2 Å². The highest BCUT2D eigenvalue weighted by Crippen LogP contribution is 2.04. The van der Waals surface area contributed by atoms with E-state index in [0.29, 0.717) is 6.04 Å². The molecule has 4 nitrogen and oxygen atoms in total. The Morgan fingerprint density at radius 3 is 2.00 bits per heavy atom. The highest BCUT2D eigenvalue weighted by atomic mass is 127. The van der Waals surface area contributed by atoms with Gasteiger partial charge in [-0.1, -0.05) is 0 Å². The minimum atomic E-state index is 0. The van der Waals surface area contributed by atoms with Gasteiger partial charge in [0.1, 0.15) is 0 Å². The van der Waals surface area contributed by atoms with Crippen LogP contribution in [0, 0.1) is 5.41 Å². The summed E-state index contributed by atoms with van der Waals surface area (Å²) in [4.78, 5) is 4.32. The second kappa shape index (κ2) is 5.64. The standard InChI is InChI=1S/C8H18N4.HI/c1-7(2)11-3-5-12(6-4-11)8(9)10;/h7H,3-6H2,1-2H3,(H3,9,10);1H. The molecule has 1 heterocycles. The van der Waals surface area contributed by atoms with Gasteiger partial charge >= 0.3 is 0 Å². The number of guanidine groups is 1. The second-order valence-electron chi connectivity index (χ2n) is 3.50. The lowest BCUT2D eigenvalue weighted by Crippen LogP contribution is -2.52. The molecule has 0 saturated carbocycles. The molecule has 13 heavy (non-hydrogen) atoms. The predicted molar refractivity (Wildman–Crippen MR) is 65.6 cm³/mol. The summed E-state index contributed by atoms with van der Waals surface area (Å²) in [7, 11) is 0. The van der Waals surface area contributed by atoms with Crippen molar-refractivity contribution >= 4 is 29.9 Å². The maximum Gasteiger partial charge on any atom is 0.188 e. The smallest absolute Gasteiger partial charge is 0.188 e. The molecular formula is C8H19IN4. The molecule has 1 rings (SSSR count). The lowest BCUT2D eigenvalue weighted by molar-refractivity contribution is 0.147. The molecule has 78 valence electrons. The van der Waals surface area contributed by atoms with Crippen molar-refractivity contribution in [2.24, 2.45) is 5.73 Å². The van der Waals surface area contributed by atoms with E-state index in [0.717, 1.165) is 26.2 Å². The Morgan fingerprint density at radius 1 is 1.23 bits per heavy atom. The Balaban J connectivity index is 0.00000144. The van der Waals surface area contributed by atoms with Crippen molar-refractivity contribution in [2.45, 2.75) is 19.9 Å². The fourth-order valence-corrected chi connectivity index (χ4v) is 1.48.